The monoisotopic (exact) mass is 610 g/mol. The first kappa shape index (κ1) is 27.4. The number of aromatic nitrogens is 2. The highest BCUT2D eigenvalue weighted by molar-refractivity contribution is 6.11. The maximum absolute atomic E-state index is 10.0. The highest BCUT2D eigenvalue weighted by atomic mass is 15.0. The van der Waals surface area contributed by atoms with Gasteiger partial charge in [-0.3, -0.25) is 0 Å². The molecule has 4 nitrogen and oxygen atoms in total. The molecule has 0 radical (unpaired) electrons. The van der Waals surface area contributed by atoms with Crippen LogP contribution in [0.3, 0.4) is 0 Å². The maximum atomic E-state index is 10.0. The molecule has 4 heteroatoms. The molecule has 0 aliphatic carbocycles. The Hall–Kier alpha value is -6.88. The smallest absolute Gasteiger partial charge is 0.101 e. The van der Waals surface area contributed by atoms with Crippen LogP contribution < -0.4 is 0 Å². The van der Waals surface area contributed by atoms with Gasteiger partial charge in [0.2, 0.25) is 0 Å². The van der Waals surface area contributed by atoms with Crippen molar-refractivity contribution >= 4 is 43.6 Å². The molecule has 9 aromatic rings. The molecule has 48 heavy (non-hydrogen) atoms. The van der Waals surface area contributed by atoms with Gasteiger partial charge in [-0.25, -0.2) is 0 Å². The van der Waals surface area contributed by atoms with Gasteiger partial charge in [-0.05, 0) is 71.3 Å². The second-order valence-electron chi connectivity index (χ2n) is 12.0. The van der Waals surface area contributed by atoms with Gasteiger partial charge in [0, 0.05) is 32.8 Å². The van der Waals surface area contributed by atoms with Crippen molar-refractivity contribution in [3.8, 4) is 45.8 Å². The molecule has 0 amide bonds. The molecule has 0 N–H and O–H groups in total. The van der Waals surface area contributed by atoms with Crippen LogP contribution in [0.2, 0.25) is 0 Å². The van der Waals surface area contributed by atoms with Crippen LogP contribution in [-0.2, 0) is 0 Å². The third-order valence-electron chi connectivity index (χ3n) is 9.42. The van der Waals surface area contributed by atoms with Crippen molar-refractivity contribution < 1.29 is 0 Å². The predicted octanol–water partition coefficient (Wildman–Crippen LogP) is 11.0. The van der Waals surface area contributed by atoms with Crippen molar-refractivity contribution in [2.24, 2.45) is 0 Å². The van der Waals surface area contributed by atoms with Gasteiger partial charge in [0.05, 0.1) is 45.0 Å². The Kier molecular flexibility index (Phi) is 6.22. The van der Waals surface area contributed by atoms with Gasteiger partial charge in [0.1, 0.15) is 6.07 Å². The van der Waals surface area contributed by atoms with E-state index in [9.17, 15) is 10.5 Å². The average molecular weight is 611 g/mol. The van der Waals surface area contributed by atoms with E-state index in [0.717, 1.165) is 66.5 Å². The summed E-state index contributed by atoms with van der Waals surface area (Å²) in [4.78, 5) is 0. The van der Waals surface area contributed by atoms with Gasteiger partial charge >= 0.3 is 0 Å². The van der Waals surface area contributed by atoms with Crippen LogP contribution in [0.1, 0.15) is 11.1 Å². The fourth-order valence-electron chi connectivity index (χ4n) is 7.33. The van der Waals surface area contributed by atoms with Crippen LogP contribution in [0.25, 0.3) is 77.2 Å². The van der Waals surface area contributed by atoms with Crippen molar-refractivity contribution in [3.63, 3.8) is 0 Å². The lowest BCUT2D eigenvalue weighted by atomic mass is 9.92. The van der Waals surface area contributed by atoms with Crippen LogP contribution in [0.5, 0.6) is 0 Å². The van der Waals surface area contributed by atoms with Crippen molar-refractivity contribution in [2.45, 2.75) is 0 Å². The highest BCUT2D eigenvalue weighted by Gasteiger charge is 2.19. The lowest BCUT2D eigenvalue weighted by molar-refractivity contribution is 1.17. The fraction of sp³-hybridized carbons (Fsp3) is 0. The number of fused-ring (bicyclic) bond motifs is 6. The van der Waals surface area contributed by atoms with Gasteiger partial charge in [-0.1, -0.05) is 103 Å². The molecule has 0 unspecified atom stereocenters. The number of hydrogen-bond acceptors (Lipinski definition) is 2. The Bertz CT molecular complexity index is 2750. The van der Waals surface area contributed by atoms with E-state index < -0.39 is 0 Å². The molecule has 0 atom stereocenters. The second kappa shape index (κ2) is 10.9. The van der Waals surface area contributed by atoms with Gasteiger partial charge in [0.15, 0.2) is 0 Å². The number of nitrogens with zero attached hydrogens (tertiary/aromatic N) is 4. The SMILES string of the molecule is N#Cc1ccc(-c2ccccc2-n2c3ccccc3c3ccccc32)c(-c2ccc(-n3c4ccccc4c4cccc(C#N)c43)cc2)c1. The third-order valence-corrected chi connectivity index (χ3v) is 9.42. The van der Waals surface area contributed by atoms with Gasteiger partial charge in [-0.15, -0.1) is 0 Å². The Labute approximate surface area is 277 Å². The third kappa shape index (κ3) is 4.07. The van der Waals surface area contributed by atoms with Crippen LogP contribution in [0.4, 0.5) is 0 Å². The molecule has 0 bridgehead atoms. The largest absolute Gasteiger partial charge is 0.309 e. The standard InChI is InChI=1S/C44H26N4/c45-27-29-20-25-33(34-11-1-6-17-41(34)48-42-18-7-2-12-35(42)36-13-3-8-19-43(36)48)39(26-29)30-21-23-32(24-22-30)47-40-16-5-4-14-37(40)38-15-9-10-31(28-46)44(38)47/h1-26H. The van der Waals surface area contributed by atoms with E-state index >= 15 is 0 Å². The summed E-state index contributed by atoms with van der Waals surface area (Å²) in [6, 6.07) is 58.9. The van der Waals surface area contributed by atoms with E-state index in [4.69, 9.17) is 0 Å². The van der Waals surface area contributed by atoms with Crippen LogP contribution >= 0.6 is 0 Å². The lowest BCUT2D eigenvalue weighted by Gasteiger charge is -2.17. The molecule has 0 spiro atoms. The molecule has 9 rings (SSSR count). The van der Waals surface area contributed by atoms with Crippen molar-refractivity contribution in [1.29, 1.82) is 10.5 Å². The van der Waals surface area contributed by atoms with Crippen molar-refractivity contribution in [3.05, 3.63) is 169 Å². The fourth-order valence-corrected chi connectivity index (χ4v) is 7.33. The highest BCUT2D eigenvalue weighted by Crippen LogP contribution is 2.41. The molecule has 2 aromatic heterocycles. The van der Waals surface area contributed by atoms with Gasteiger partial charge in [0.25, 0.3) is 0 Å². The molecule has 0 saturated heterocycles. The molecule has 2 heterocycles. The Morgan fingerprint density at radius 3 is 1.67 bits per heavy atom. The zero-order valence-electron chi connectivity index (χ0n) is 25.8. The summed E-state index contributed by atoms with van der Waals surface area (Å²) in [5, 5.41) is 24.6. The molecule has 0 saturated carbocycles. The van der Waals surface area contributed by atoms with Crippen LogP contribution in [0, 0.1) is 22.7 Å². The second-order valence-corrected chi connectivity index (χ2v) is 12.0. The summed E-state index contributed by atoms with van der Waals surface area (Å²) in [6.45, 7) is 0. The normalized spacial score (nSPS) is 11.3. The zero-order chi connectivity index (χ0) is 32.2. The summed E-state index contributed by atoms with van der Waals surface area (Å²) in [6.07, 6.45) is 0. The zero-order valence-corrected chi connectivity index (χ0v) is 25.8. The van der Waals surface area contributed by atoms with E-state index in [2.05, 4.69) is 143 Å². The summed E-state index contributed by atoms with van der Waals surface area (Å²) in [5.41, 5.74) is 11.6. The summed E-state index contributed by atoms with van der Waals surface area (Å²) < 4.78 is 4.53. The van der Waals surface area contributed by atoms with E-state index in [0.29, 0.717) is 11.1 Å². The predicted molar refractivity (Wildman–Crippen MR) is 195 cm³/mol. The number of para-hydroxylation sites is 5. The molecular weight excluding hydrogens is 585 g/mol. The summed E-state index contributed by atoms with van der Waals surface area (Å²) in [5.74, 6) is 0. The van der Waals surface area contributed by atoms with E-state index in [1.54, 1.807) is 0 Å². The van der Waals surface area contributed by atoms with Crippen molar-refractivity contribution in [1.82, 2.24) is 9.13 Å². The number of rotatable bonds is 4. The molecule has 7 aromatic carbocycles. The topological polar surface area (TPSA) is 57.4 Å². The minimum atomic E-state index is 0.605. The average Bonchev–Trinajstić information content (AvgIpc) is 3.68. The van der Waals surface area contributed by atoms with Gasteiger partial charge in [-0.2, -0.15) is 10.5 Å². The molecular formula is C44H26N4. The summed E-state index contributed by atoms with van der Waals surface area (Å²) in [7, 11) is 0. The number of nitriles is 2. The molecule has 0 aliphatic heterocycles. The van der Waals surface area contributed by atoms with Crippen LogP contribution in [-0.4, -0.2) is 9.13 Å². The Balaban J connectivity index is 1.24. The van der Waals surface area contributed by atoms with E-state index in [1.165, 1.54) is 10.8 Å². The van der Waals surface area contributed by atoms with Crippen molar-refractivity contribution in [2.75, 3.05) is 0 Å². The first-order chi connectivity index (χ1) is 23.7. The first-order valence-electron chi connectivity index (χ1n) is 15.9. The minimum absolute atomic E-state index is 0.605. The number of hydrogen-bond donors (Lipinski definition) is 0. The van der Waals surface area contributed by atoms with E-state index in [1.807, 2.05) is 36.4 Å². The minimum Gasteiger partial charge on any atom is -0.309 e. The molecule has 0 aliphatic rings. The van der Waals surface area contributed by atoms with Crippen LogP contribution in [0.15, 0.2) is 158 Å². The molecule has 222 valence electrons. The Morgan fingerprint density at radius 1 is 0.417 bits per heavy atom. The quantitative estimate of drug-likeness (QED) is 0.199. The summed E-state index contributed by atoms with van der Waals surface area (Å²) >= 11 is 0. The first-order valence-corrected chi connectivity index (χ1v) is 15.9. The molecule has 0 fully saturated rings. The maximum Gasteiger partial charge on any atom is 0.101 e. The lowest BCUT2D eigenvalue weighted by Crippen LogP contribution is -1.98. The van der Waals surface area contributed by atoms with Gasteiger partial charge < -0.3 is 9.13 Å². The number of benzene rings is 7. The van der Waals surface area contributed by atoms with E-state index in [-0.39, 0.29) is 0 Å². The Morgan fingerprint density at radius 2 is 1.00 bits per heavy atom.